The molecule has 24 heavy (non-hydrogen) atoms. The first-order valence-electron chi connectivity index (χ1n) is 7.44. The van der Waals surface area contributed by atoms with Gasteiger partial charge in [0.25, 0.3) is 5.56 Å². The molecule has 3 heterocycles. The van der Waals surface area contributed by atoms with Gasteiger partial charge in [0.05, 0.1) is 12.1 Å². The first-order chi connectivity index (χ1) is 11.7. The second-order valence-corrected chi connectivity index (χ2v) is 5.47. The largest absolute Gasteiger partial charge is 0.326 e. The second kappa shape index (κ2) is 5.73. The Morgan fingerprint density at radius 3 is 2.75 bits per heavy atom. The first-order valence-corrected chi connectivity index (χ1v) is 7.44. The molecule has 1 N–H and O–H groups in total. The zero-order valence-electron chi connectivity index (χ0n) is 12.6. The van der Waals surface area contributed by atoms with Crippen LogP contribution in [0.15, 0.2) is 66.0 Å². The molecule has 0 aliphatic heterocycles. The molecule has 0 saturated heterocycles. The van der Waals surface area contributed by atoms with E-state index in [0.717, 1.165) is 16.8 Å². The molecule has 0 unspecified atom stereocenters. The number of hydrogen-bond donors (Lipinski definition) is 1. The van der Waals surface area contributed by atoms with Crippen LogP contribution in [0, 0.1) is 5.82 Å². The Hall–Kier alpha value is -3.28. The topological polar surface area (TPSA) is 63.6 Å². The maximum absolute atomic E-state index is 13.3. The van der Waals surface area contributed by atoms with Gasteiger partial charge >= 0.3 is 0 Å². The van der Waals surface area contributed by atoms with Gasteiger partial charge in [-0.3, -0.25) is 9.78 Å². The molecule has 6 heteroatoms. The van der Waals surface area contributed by atoms with Gasteiger partial charge in [-0.1, -0.05) is 0 Å². The van der Waals surface area contributed by atoms with Crippen molar-refractivity contribution in [2.75, 3.05) is 0 Å². The number of nitrogens with zero attached hydrogens (tertiary/aromatic N) is 3. The summed E-state index contributed by atoms with van der Waals surface area (Å²) in [5, 5.41) is 0.788. The lowest BCUT2D eigenvalue weighted by atomic mass is 10.1. The van der Waals surface area contributed by atoms with E-state index in [0.29, 0.717) is 17.6 Å². The van der Waals surface area contributed by atoms with Crippen molar-refractivity contribution < 1.29 is 4.39 Å². The van der Waals surface area contributed by atoms with E-state index < -0.39 is 0 Å². The summed E-state index contributed by atoms with van der Waals surface area (Å²) in [6.07, 6.45) is 6.92. The molecule has 0 atom stereocenters. The van der Waals surface area contributed by atoms with Crippen LogP contribution in [0.25, 0.3) is 22.3 Å². The van der Waals surface area contributed by atoms with E-state index >= 15 is 0 Å². The van der Waals surface area contributed by atoms with Crippen molar-refractivity contribution in [2.45, 2.75) is 6.54 Å². The number of H-pyrrole nitrogens is 1. The van der Waals surface area contributed by atoms with Gasteiger partial charge in [0.15, 0.2) is 0 Å². The summed E-state index contributed by atoms with van der Waals surface area (Å²) in [7, 11) is 0. The molecular formula is C18H13FN4O. The van der Waals surface area contributed by atoms with E-state index in [1.165, 1.54) is 12.1 Å². The van der Waals surface area contributed by atoms with E-state index in [9.17, 15) is 9.18 Å². The number of hydrogen-bond acceptors (Lipinski definition) is 3. The van der Waals surface area contributed by atoms with Crippen LogP contribution in [0.1, 0.15) is 5.56 Å². The van der Waals surface area contributed by atoms with E-state index in [4.69, 9.17) is 0 Å². The predicted molar refractivity (Wildman–Crippen MR) is 89.1 cm³/mol. The Morgan fingerprint density at radius 1 is 1.08 bits per heavy atom. The number of imidazole rings is 1. The number of halogens is 1. The van der Waals surface area contributed by atoms with Gasteiger partial charge in [-0.2, -0.15) is 0 Å². The first kappa shape index (κ1) is 14.3. The average molecular weight is 320 g/mol. The molecule has 0 fully saturated rings. The van der Waals surface area contributed by atoms with Crippen molar-refractivity contribution in [3.8, 4) is 11.4 Å². The highest BCUT2D eigenvalue weighted by molar-refractivity contribution is 5.78. The van der Waals surface area contributed by atoms with Crippen molar-refractivity contribution in [3.63, 3.8) is 0 Å². The van der Waals surface area contributed by atoms with Gasteiger partial charge in [-0.05, 0) is 41.8 Å². The number of benzene rings is 1. The number of fused-ring (bicyclic) bond motifs is 1. The third-order valence-electron chi connectivity index (χ3n) is 3.88. The lowest BCUT2D eigenvalue weighted by Gasteiger charge is -2.08. The highest BCUT2D eigenvalue weighted by Crippen LogP contribution is 2.18. The third kappa shape index (κ3) is 2.58. The zero-order valence-corrected chi connectivity index (χ0v) is 12.6. The molecule has 0 radical (unpaired) electrons. The van der Waals surface area contributed by atoms with Gasteiger partial charge in [-0.25, -0.2) is 9.37 Å². The van der Waals surface area contributed by atoms with Crippen LogP contribution >= 0.6 is 0 Å². The normalized spacial score (nSPS) is 11.0. The minimum Gasteiger partial charge on any atom is -0.326 e. The van der Waals surface area contributed by atoms with Crippen LogP contribution in [-0.4, -0.2) is 19.5 Å². The summed E-state index contributed by atoms with van der Waals surface area (Å²) < 4.78 is 15.2. The molecule has 5 nitrogen and oxygen atoms in total. The third-order valence-corrected chi connectivity index (χ3v) is 3.88. The Kier molecular flexibility index (Phi) is 3.42. The minimum absolute atomic E-state index is 0.234. The van der Waals surface area contributed by atoms with E-state index in [1.54, 1.807) is 30.7 Å². The Labute approximate surface area is 136 Å². The summed E-state index contributed by atoms with van der Waals surface area (Å²) in [5.41, 5.74) is 1.77. The molecule has 0 spiro atoms. The molecule has 0 aliphatic rings. The fraction of sp³-hybridized carbons (Fsp3) is 0.0556. The molecule has 1 aromatic carbocycles. The highest BCUT2D eigenvalue weighted by Gasteiger charge is 2.09. The van der Waals surface area contributed by atoms with Crippen LogP contribution < -0.4 is 5.56 Å². The molecule has 0 amide bonds. The number of nitrogens with one attached hydrogen (secondary N) is 1. The summed E-state index contributed by atoms with van der Waals surface area (Å²) in [6.45, 7) is 0.375. The van der Waals surface area contributed by atoms with Crippen molar-refractivity contribution >= 4 is 10.9 Å². The van der Waals surface area contributed by atoms with Crippen LogP contribution in [0.5, 0.6) is 0 Å². The van der Waals surface area contributed by atoms with Gasteiger partial charge in [0, 0.05) is 35.9 Å². The molecule has 0 aliphatic carbocycles. The minimum atomic E-state index is -0.375. The zero-order chi connectivity index (χ0) is 16.5. The monoisotopic (exact) mass is 320 g/mol. The molecule has 0 bridgehead atoms. The Morgan fingerprint density at radius 2 is 1.92 bits per heavy atom. The molecule has 4 aromatic rings. The molecule has 4 rings (SSSR count). The molecule has 118 valence electrons. The van der Waals surface area contributed by atoms with Gasteiger partial charge in [0.1, 0.15) is 11.6 Å². The number of aromatic nitrogens is 4. The number of pyridine rings is 2. The van der Waals surface area contributed by atoms with Crippen molar-refractivity contribution in [1.29, 1.82) is 0 Å². The summed E-state index contributed by atoms with van der Waals surface area (Å²) >= 11 is 0. The maximum Gasteiger partial charge on any atom is 0.253 e. The fourth-order valence-electron chi connectivity index (χ4n) is 2.72. The van der Waals surface area contributed by atoms with E-state index in [-0.39, 0.29) is 11.4 Å². The van der Waals surface area contributed by atoms with Crippen LogP contribution in [-0.2, 0) is 6.54 Å². The molecule has 3 aromatic heterocycles. The summed E-state index contributed by atoms with van der Waals surface area (Å²) in [6, 6.07) is 9.87. The van der Waals surface area contributed by atoms with Crippen molar-refractivity contribution in [2.24, 2.45) is 0 Å². The van der Waals surface area contributed by atoms with Crippen LogP contribution in [0.3, 0.4) is 0 Å². The van der Waals surface area contributed by atoms with Crippen molar-refractivity contribution in [3.05, 3.63) is 82.9 Å². The van der Waals surface area contributed by atoms with Gasteiger partial charge < -0.3 is 9.55 Å². The second-order valence-electron chi connectivity index (χ2n) is 5.47. The number of rotatable bonds is 3. The van der Waals surface area contributed by atoms with Gasteiger partial charge in [-0.15, -0.1) is 0 Å². The SMILES string of the molecule is O=c1[nH]c2cc(F)ccc2cc1Cn1ccnc1-c1ccncc1. The lowest BCUT2D eigenvalue weighted by Crippen LogP contribution is -2.15. The van der Waals surface area contributed by atoms with Crippen LogP contribution in [0.2, 0.25) is 0 Å². The predicted octanol–water partition coefficient (Wildman–Crippen LogP) is 2.97. The van der Waals surface area contributed by atoms with Gasteiger partial charge in [0.2, 0.25) is 0 Å². The molecule has 0 saturated carbocycles. The standard InChI is InChI=1S/C18H13FN4O/c19-15-2-1-13-9-14(18(24)22-16(13)10-15)11-23-8-7-21-17(23)12-3-5-20-6-4-12/h1-10H,11H2,(H,22,24). The Balaban J connectivity index is 1.76. The quantitative estimate of drug-likeness (QED) is 0.631. The number of aromatic amines is 1. The smallest absolute Gasteiger partial charge is 0.253 e. The van der Waals surface area contributed by atoms with Crippen molar-refractivity contribution in [1.82, 2.24) is 19.5 Å². The average Bonchev–Trinajstić information content (AvgIpc) is 3.05. The summed E-state index contributed by atoms with van der Waals surface area (Å²) in [5.74, 6) is 0.386. The highest BCUT2D eigenvalue weighted by atomic mass is 19.1. The lowest BCUT2D eigenvalue weighted by molar-refractivity contribution is 0.629. The molecular weight excluding hydrogens is 307 g/mol. The van der Waals surface area contributed by atoms with Crippen LogP contribution in [0.4, 0.5) is 4.39 Å². The van der Waals surface area contributed by atoms with E-state index in [2.05, 4.69) is 15.0 Å². The Bertz CT molecular complexity index is 1070. The summed E-state index contributed by atoms with van der Waals surface area (Å²) in [4.78, 5) is 23.4. The maximum atomic E-state index is 13.3. The van der Waals surface area contributed by atoms with E-state index in [1.807, 2.05) is 22.9 Å². The fourth-order valence-corrected chi connectivity index (χ4v) is 2.72.